The highest BCUT2D eigenvalue weighted by Crippen LogP contribution is 2.27. The second-order valence-electron chi connectivity index (χ2n) is 5.93. The monoisotopic (exact) mass is 359 g/mol. The number of aromatic nitrogens is 3. The maximum Gasteiger partial charge on any atom is 0.170 e. The van der Waals surface area contributed by atoms with Gasteiger partial charge in [0.25, 0.3) is 0 Å². The Kier molecular flexibility index (Phi) is 4.40. The minimum absolute atomic E-state index is 0.304. The van der Waals surface area contributed by atoms with E-state index < -0.39 is 0 Å². The molecule has 4 aromatic rings. The van der Waals surface area contributed by atoms with Crippen molar-refractivity contribution < 1.29 is 9.26 Å². The molecule has 4 N–H and O–H groups in total. The van der Waals surface area contributed by atoms with E-state index in [0.29, 0.717) is 35.1 Å². The minimum Gasteiger partial charge on any atom is -0.456 e. The quantitative estimate of drug-likeness (QED) is 0.559. The Morgan fingerprint density at radius 1 is 0.889 bits per heavy atom. The van der Waals surface area contributed by atoms with Crippen LogP contribution in [-0.4, -0.2) is 15.1 Å². The van der Waals surface area contributed by atoms with E-state index in [1.165, 1.54) is 0 Å². The van der Waals surface area contributed by atoms with Gasteiger partial charge in [-0.3, -0.25) is 4.98 Å². The van der Waals surface area contributed by atoms with Gasteiger partial charge in [-0.05, 0) is 36.4 Å². The Bertz CT molecular complexity index is 1050. The van der Waals surface area contributed by atoms with Gasteiger partial charge in [-0.1, -0.05) is 23.4 Å². The number of para-hydroxylation sites is 1. The lowest BCUT2D eigenvalue weighted by Gasteiger charge is -2.05. The molecule has 0 bridgehead atoms. The van der Waals surface area contributed by atoms with Gasteiger partial charge in [-0.2, -0.15) is 0 Å². The van der Waals surface area contributed by atoms with Crippen LogP contribution in [0.4, 0.5) is 11.6 Å². The molecule has 3 heterocycles. The molecule has 0 radical (unpaired) electrons. The van der Waals surface area contributed by atoms with Crippen LogP contribution in [0.5, 0.6) is 11.5 Å². The fourth-order valence-corrected chi connectivity index (χ4v) is 2.61. The van der Waals surface area contributed by atoms with Crippen LogP contribution in [0.15, 0.2) is 71.4 Å². The normalized spacial score (nSPS) is 10.7. The number of benzene rings is 1. The molecule has 0 saturated carbocycles. The average molecular weight is 359 g/mol. The highest BCUT2D eigenvalue weighted by molar-refractivity contribution is 5.71. The third kappa shape index (κ3) is 3.87. The van der Waals surface area contributed by atoms with E-state index in [0.717, 1.165) is 17.1 Å². The van der Waals surface area contributed by atoms with Crippen molar-refractivity contribution in [3.05, 3.63) is 78.2 Å². The predicted octanol–water partition coefficient (Wildman–Crippen LogP) is 3.68. The zero-order chi connectivity index (χ0) is 18.6. The van der Waals surface area contributed by atoms with Crippen molar-refractivity contribution in [2.24, 2.45) is 0 Å². The maximum atomic E-state index is 5.89. The largest absolute Gasteiger partial charge is 0.456 e. The molecule has 7 nitrogen and oxygen atoms in total. The number of ether oxygens (including phenoxy) is 1. The first-order valence-corrected chi connectivity index (χ1v) is 8.33. The molecule has 0 aliphatic rings. The topological polar surface area (TPSA) is 113 Å². The van der Waals surface area contributed by atoms with Gasteiger partial charge in [0.05, 0.1) is 17.5 Å². The van der Waals surface area contributed by atoms with E-state index in [1.807, 2.05) is 48.5 Å². The van der Waals surface area contributed by atoms with Crippen LogP contribution in [0.2, 0.25) is 0 Å². The summed E-state index contributed by atoms with van der Waals surface area (Å²) in [6.45, 7) is 0. The highest BCUT2D eigenvalue weighted by Gasteiger charge is 2.12. The van der Waals surface area contributed by atoms with Crippen molar-refractivity contribution >= 4 is 11.6 Å². The number of nitrogens with two attached hydrogens (primary N) is 2. The number of pyridine rings is 2. The van der Waals surface area contributed by atoms with Crippen LogP contribution in [0.3, 0.4) is 0 Å². The zero-order valence-electron chi connectivity index (χ0n) is 14.4. The Labute approximate surface area is 155 Å². The molecular formula is C20H17N5O2. The van der Waals surface area contributed by atoms with E-state index in [-0.39, 0.29) is 0 Å². The van der Waals surface area contributed by atoms with E-state index in [9.17, 15) is 0 Å². The predicted molar refractivity (Wildman–Crippen MR) is 102 cm³/mol. The first kappa shape index (κ1) is 16.6. The van der Waals surface area contributed by atoms with Gasteiger partial charge in [-0.15, -0.1) is 0 Å². The molecule has 4 rings (SSSR count). The Morgan fingerprint density at radius 2 is 1.74 bits per heavy atom. The minimum atomic E-state index is 0.304. The lowest BCUT2D eigenvalue weighted by Crippen LogP contribution is -1.97. The molecule has 0 amide bonds. The Hall–Kier alpha value is -3.87. The molecule has 0 fully saturated rings. The van der Waals surface area contributed by atoms with Crippen molar-refractivity contribution in [3.8, 4) is 22.8 Å². The third-order valence-corrected chi connectivity index (χ3v) is 3.91. The number of nitrogens with zero attached hydrogens (tertiary/aromatic N) is 3. The van der Waals surface area contributed by atoms with Crippen LogP contribution in [0.1, 0.15) is 11.4 Å². The SMILES string of the molecule is Nc1ccc(-c2cc(Cc3ccc(Oc4ccccc4)cn3)no2)c(N)n1. The molecule has 3 aromatic heterocycles. The van der Waals surface area contributed by atoms with Crippen LogP contribution in [0.25, 0.3) is 11.3 Å². The zero-order valence-corrected chi connectivity index (χ0v) is 14.4. The Balaban J connectivity index is 1.46. The first-order valence-electron chi connectivity index (χ1n) is 8.33. The highest BCUT2D eigenvalue weighted by atomic mass is 16.5. The molecular weight excluding hydrogens is 342 g/mol. The van der Waals surface area contributed by atoms with Gasteiger partial charge >= 0.3 is 0 Å². The van der Waals surface area contributed by atoms with Crippen LogP contribution in [0, 0.1) is 0 Å². The van der Waals surface area contributed by atoms with Crippen LogP contribution >= 0.6 is 0 Å². The molecule has 0 atom stereocenters. The summed E-state index contributed by atoms with van der Waals surface area (Å²) in [5, 5.41) is 4.08. The molecule has 0 aliphatic carbocycles. The molecule has 134 valence electrons. The molecule has 1 aromatic carbocycles. The molecule has 0 aliphatic heterocycles. The maximum absolute atomic E-state index is 5.89. The third-order valence-electron chi connectivity index (χ3n) is 3.91. The van der Waals surface area contributed by atoms with Crippen molar-refractivity contribution in [1.82, 2.24) is 15.1 Å². The van der Waals surface area contributed by atoms with Crippen molar-refractivity contribution in [3.63, 3.8) is 0 Å². The molecule has 27 heavy (non-hydrogen) atoms. The number of anilines is 2. The van der Waals surface area contributed by atoms with Gasteiger partial charge in [0.2, 0.25) is 0 Å². The number of nitrogen functional groups attached to an aromatic ring is 2. The second-order valence-corrected chi connectivity index (χ2v) is 5.93. The summed E-state index contributed by atoms with van der Waals surface area (Å²) >= 11 is 0. The molecule has 0 spiro atoms. The summed E-state index contributed by atoms with van der Waals surface area (Å²) in [7, 11) is 0. The van der Waals surface area contributed by atoms with E-state index in [2.05, 4.69) is 15.1 Å². The van der Waals surface area contributed by atoms with Gasteiger partial charge in [-0.25, -0.2) is 4.98 Å². The fraction of sp³-hybridized carbons (Fsp3) is 0.0500. The summed E-state index contributed by atoms with van der Waals surface area (Å²) < 4.78 is 11.1. The molecule has 0 saturated heterocycles. The molecule has 7 heteroatoms. The Morgan fingerprint density at radius 3 is 2.48 bits per heavy atom. The number of hydrogen-bond acceptors (Lipinski definition) is 7. The van der Waals surface area contributed by atoms with Gasteiger partial charge < -0.3 is 20.7 Å². The lowest BCUT2D eigenvalue weighted by atomic mass is 10.1. The summed E-state index contributed by atoms with van der Waals surface area (Å²) in [5.41, 5.74) is 13.8. The summed E-state index contributed by atoms with van der Waals surface area (Å²) in [5.74, 6) is 2.64. The van der Waals surface area contributed by atoms with Crippen molar-refractivity contribution in [2.75, 3.05) is 11.5 Å². The smallest absolute Gasteiger partial charge is 0.170 e. The van der Waals surface area contributed by atoms with Crippen LogP contribution in [-0.2, 0) is 6.42 Å². The van der Waals surface area contributed by atoms with Gasteiger partial charge in [0.15, 0.2) is 5.76 Å². The van der Waals surface area contributed by atoms with Gasteiger partial charge in [0.1, 0.15) is 23.1 Å². The van der Waals surface area contributed by atoms with Crippen molar-refractivity contribution in [1.29, 1.82) is 0 Å². The second kappa shape index (κ2) is 7.17. The average Bonchev–Trinajstić information content (AvgIpc) is 3.12. The number of hydrogen-bond donors (Lipinski definition) is 2. The van der Waals surface area contributed by atoms with E-state index >= 15 is 0 Å². The fourth-order valence-electron chi connectivity index (χ4n) is 2.61. The lowest BCUT2D eigenvalue weighted by molar-refractivity contribution is 0.425. The first-order chi connectivity index (χ1) is 13.2. The van der Waals surface area contributed by atoms with E-state index in [4.69, 9.17) is 20.7 Å². The van der Waals surface area contributed by atoms with Crippen molar-refractivity contribution in [2.45, 2.75) is 6.42 Å². The summed E-state index contributed by atoms with van der Waals surface area (Å²) in [4.78, 5) is 8.45. The standard InChI is InChI=1S/C20H17N5O2/c21-19-9-8-17(20(22)24-19)18-11-14(25-27-18)10-13-6-7-16(12-23-13)26-15-4-2-1-3-5-15/h1-9,11-12H,10H2,(H4,21,22,24). The van der Waals surface area contributed by atoms with E-state index in [1.54, 1.807) is 18.3 Å². The molecule has 0 unspecified atom stereocenters. The number of rotatable bonds is 5. The summed E-state index contributed by atoms with van der Waals surface area (Å²) in [6, 6.07) is 18.6. The van der Waals surface area contributed by atoms with Crippen LogP contribution < -0.4 is 16.2 Å². The van der Waals surface area contributed by atoms with Gasteiger partial charge in [0, 0.05) is 18.2 Å². The summed E-state index contributed by atoms with van der Waals surface area (Å²) in [6.07, 6.45) is 2.21.